The lowest BCUT2D eigenvalue weighted by molar-refractivity contribution is 0.415. The van der Waals surface area contributed by atoms with E-state index >= 15 is 0 Å². The average molecular weight is 240 g/mol. The Morgan fingerprint density at radius 2 is 1.67 bits per heavy atom. The van der Waals surface area contributed by atoms with Crippen LogP contribution in [0.25, 0.3) is 11.1 Å². The third-order valence-electron chi connectivity index (χ3n) is 3.22. The molecule has 2 rings (SSSR count). The Balaban J connectivity index is 2.30. The maximum absolute atomic E-state index is 5.20. The van der Waals surface area contributed by atoms with Gasteiger partial charge in [0, 0.05) is 0 Å². The molecule has 2 aromatic rings. The molecule has 0 unspecified atom stereocenters. The lowest BCUT2D eigenvalue weighted by atomic mass is 9.96. The van der Waals surface area contributed by atoms with Gasteiger partial charge in [0.15, 0.2) is 0 Å². The van der Waals surface area contributed by atoms with Gasteiger partial charge in [-0.1, -0.05) is 49.7 Å². The molecule has 0 radical (unpaired) electrons. The maximum Gasteiger partial charge on any atom is 0.118 e. The number of aryl methyl sites for hydroxylation is 1. The molecule has 1 heteroatoms. The van der Waals surface area contributed by atoms with Crippen molar-refractivity contribution in [1.29, 1.82) is 0 Å². The van der Waals surface area contributed by atoms with Crippen molar-refractivity contribution in [2.75, 3.05) is 7.11 Å². The zero-order valence-electron chi connectivity index (χ0n) is 11.1. The van der Waals surface area contributed by atoms with Gasteiger partial charge >= 0.3 is 0 Å². The first kappa shape index (κ1) is 12.7. The number of rotatable bonds is 5. The lowest BCUT2D eigenvalue weighted by Gasteiger charge is -2.10. The molecule has 0 spiro atoms. The molecular weight excluding hydrogens is 220 g/mol. The normalized spacial score (nSPS) is 10.3. The summed E-state index contributed by atoms with van der Waals surface area (Å²) in [6.07, 6.45) is 3.63. The minimum absolute atomic E-state index is 0.907. The molecule has 0 aliphatic carbocycles. The van der Waals surface area contributed by atoms with E-state index in [1.807, 2.05) is 12.1 Å². The number of benzene rings is 2. The average Bonchev–Trinajstić information content (AvgIpc) is 2.45. The van der Waals surface area contributed by atoms with Gasteiger partial charge in [0.1, 0.15) is 5.75 Å². The highest BCUT2D eigenvalue weighted by atomic mass is 16.5. The molecule has 0 N–H and O–H groups in total. The third kappa shape index (κ3) is 2.92. The molecule has 1 nitrogen and oxygen atoms in total. The Morgan fingerprint density at radius 1 is 0.944 bits per heavy atom. The van der Waals surface area contributed by atoms with Crippen molar-refractivity contribution in [3.8, 4) is 16.9 Å². The molecular formula is C17H20O. The van der Waals surface area contributed by atoms with Crippen LogP contribution in [0.1, 0.15) is 25.3 Å². The predicted molar refractivity (Wildman–Crippen MR) is 77.0 cm³/mol. The summed E-state index contributed by atoms with van der Waals surface area (Å²) in [7, 11) is 1.70. The Morgan fingerprint density at radius 3 is 2.33 bits per heavy atom. The Bertz CT molecular complexity index is 485. The van der Waals surface area contributed by atoms with Gasteiger partial charge in [-0.2, -0.15) is 0 Å². The van der Waals surface area contributed by atoms with Crippen LogP contribution in [0.3, 0.4) is 0 Å². The zero-order valence-corrected chi connectivity index (χ0v) is 11.1. The van der Waals surface area contributed by atoms with E-state index in [1.54, 1.807) is 7.11 Å². The summed E-state index contributed by atoms with van der Waals surface area (Å²) in [5, 5.41) is 0. The molecule has 0 heterocycles. The first-order valence-electron chi connectivity index (χ1n) is 6.57. The van der Waals surface area contributed by atoms with E-state index in [0.29, 0.717) is 0 Å². The molecule has 0 bridgehead atoms. The van der Waals surface area contributed by atoms with Crippen LogP contribution < -0.4 is 4.74 Å². The van der Waals surface area contributed by atoms with Crippen molar-refractivity contribution in [3.63, 3.8) is 0 Å². The van der Waals surface area contributed by atoms with Crippen molar-refractivity contribution >= 4 is 0 Å². The van der Waals surface area contributed by atoms with Crippen LogP contribution in [-0.4, -0.2) is 7.11 Å². The van der Waals surface area contributed by atoms with Crippen molar-refractivity contribution in [2.24, 2.45) is 0 Å². The van der Waals surface area contributed by atoms with Crippen molar-refractivity contribution < 1.29 is 4.74 Å². The van der Waals surface area contributed by atoms with E-state index in [9.17, 15) is 0 Å². The largest absolute Gasteiger partial charge is 0.497 e. The number of hydrogen-bond donors (Lipinski definition) is 0. The third-order valence-corrected chi connectivity index (χ3v) is 3.22. The molecule has 2 aromatic carbocycles. The lowest BCUT2D eigenvalue weighted by Crippen LogP contribution is -1.90. The topological polar surface area (TPSA) is 9.23 Å². The molecule has 0 fully saturated rings. The van der Waals surface area contributed by atoms with Gasteiger partial charge in [0.25, 0.3) is 0 Å². The predicted octanol–water partition coefficient (Wildman–Crippen LogP) is 4.70. The fraction of sp³-hybridized carbons (Fsp3) is 0.294. The summed E-state index contributed by atoms with van der Waals surface area (Å²) in [4.78, 5) is 0. The smallest absolute Gasteiger partial charge is 0.118 e. The van der Waals surface area contributed by atoms with Gasteiger partial charge in [-0.25, -0.2) is 0 Å². The molecule has 0 saturated carbocycles. The first-order valence-corrected chi connectivity index (χ1v) is 6.57. The van der Waals surface area contributed by atoms with Gasteiger partial charge in [-0.05, 0) is 41.7 Å². The minimum Gasteiger partial charge on any atom is -0.497 e. The van der Waals surface area contributed by atoms with Crippen LogP contribution in [0, 0.1) is 0 Å². The Kier molecular flexibility index (Phi) is 4.40. The SMILES string of the molecule is CCCCc1ccccc1-c1ccc(OC)cc1. The van der Waals surface area contributed by atoms with Gasteiger partial charge < -0.3 is 4.74 Å². The summed E-state index contributed by atoms with van der Waals surface area (Å²) in [5.74, 6) is 0.907. The molecule has 94 valence electrons. The summed E-state index contributed by atoms with van der Waals surface area (Å²) in [6.45, 7) is 2.23. The van der Waals surface area contributed by atoms with Crippen LogP contribution in [0.5, 0.6) is 5.75 Å². The molecule has 0 atom stereocenters. The zero-order chi connectivity index (χ0) is 12.8. The van der Waals surface area contributed by atoms with E-state index in [1.165, 1.54) is 29.5 Å². The fourth-order valence-electron chi connectivity index (χ4n) is 2.16. The summed E-state index contributed by atoms with van der Waals surface area (Å²) >= 11 is 0. The molecule has 18 heavy (non-hydrogen) atoms. The van der Waals surface area contributed by atoms with Crippen LogP contribution in [-0.2, 0) is 6.42 Å². The highest BCUT2D eigenvalue weighted by molar-refractivity contribution is 5.67. The Hall–Kier alpha value is -1.76. The highest BCUT2D eigenvalue weighted by Gasteiger charge is 2.04. The van der Waals surface area contributed by atoms with Crippen LogP contribution in [0.4, 0.5) is 0 Å². The fourth-order valence-corrected chi connectivity index (χ4v) is 2.16. The van der Waals surface area contributed by atoms with Crippen molar-refractivity contribution in [2.45, 2.75) is 26.2 Å². The van der Waals surface area contributed by atoms with Gasteiger partial charge in [-0.3, -0.25) is 0 Å². The van der Waals surface area contributed by atoms with Gasteiger partial charge in [0.2, 0.25) is 0 Å². The molecule has 0 aromatic heterocycles. The number of ether oxygens (including phenoxy) is 1. The second kappa shape index (κ2) is 6.25. The second-order valence-electron chi connectivity index (χ2n) is 4.49. The van der Waals surface area contributed by atoms with Crippen LogP contribution in [0.2, 0.25) is 0 Å². The van der Waals surface area contributed by atoms with Crippen molar-refractivity contribution in [1.82, 2.24) is 0 Å². The first-order chi connectivity index (χ1) is 8.85. The van der Waals surface area contributed by atoms with E-state index in [2.05, 4.69) is 43.3 Å². The number of unbranched alkanes of at least 4 members (excludes halogenated alkanes) is 1. The second-order valence-corrected chi connectivity index (χ2v) is 4.49. The standard InChI is InChI=1S/C17H20O/c1-3-4-7-14-8-5-6-9-17(14)15-10-12-16(18-2)13-11-15/h5-6,8-13H,3-4,7H2,1-2H3. The van der Waals surface area contributed by atoms with Crippen molar-refractivity contribution in [3.05, 3.63) is 54.1 Å². The van der Waals surface area contributed by atoms with Crippen LogP contribution >= 0.6 is 0 Å². The van der Waals surface area contributed by atoms with Gasteiger partial charge in [-0.15, -0.1) is 0 Å². The van der Waals surface area contributed by atoms with E-state index in [-0.39, 0.29) is 0 Å². The van der Waals surface area contributed by atoms with E-state index < -0.39 is 0 Å². The number of hydrogen-bond acceptors (Lipinski definition) is 1. The molecule has 0 aliphatic rings. The Labute approximate surface area is 109 Å². The summed E-state index contributed by atoms with van der Waals surface area (Å²) in [5.41, 5.74) is 4.04. The highest BCUT2D eigenvalue weighted by Crippen LogP contribution is 2.26. The van der Waals surface area contributed by atoms with E-state index in [4.69, 9.17) is 4.74 Å². The monoisotopic (exact) mass is 240 g/mol. The van der Waals surface area contributed by atoms with Gasteiger partial charge in [0.05, 0.1) is 7.11 Å². The van der Waals surface area contributed by atoms with Crippen LogP contribution in [0.15, 0.2) is 48.5 Å². The molecule has 0 aliphatic heterocycles. The number of methoxy groups -OCH3 is 1. The summed E-state index contributed by atoms with van der Waals surface area (Å²) < 4.78 is 5.20. The maximum atomic E-state index is 5.20. The summed E-state index contributed by atoms with van der Waals surface area (Å²) in [6, 6.07) is 17.0. The van der Waals surface area contributed by atoms with E-state index in [0.717, 1.165) is 12.2 Å². The molecule has 0 saturated heterocycles. The molecule has 0 amide bonds. The quantitative estimate of drug-likeness (QED) is 0.735. The minimum atomic E-state index is 0.907.